The number of ether oxygens (including phenoxy) is 1. The van der Waals surface area contributed by atoms with Crippen LogP contribution in [0.25, 0.3) is 0 Å². The summed E-state index contributed by atoms with van der Waals surface area (Å²) in [5.74, 6) is 0. The summed E-state index contributed by atoms with van der Waals surface area (Å²) in [7, 11) is 1.78. The summed E-state index contributed by atoms with van der Waals surface area (Å²) in [5.41, 5.74) is 1.34. The second kappa shape index (κ2) is 6.73. The zero-order valence-corrected chi connectivity index (χ0v) is 13.3. The third kappa shape index (κ3) is 3.83. The molecule has 1 atom stereocenters. The van der Waals surface area contributed by atoms with Crippen LogP contribution < -0.4 is 4.90 Å². The first-order chi connectivity index (χ1) is 8.69. The molecule has 0 unspecified atom stereocenters. The van der Waals surface area contributed by atoms with Gasteiger partial charge in [0.15, 0.2) is 0 Å². The van der Waals surface area contributed by atoms with Gasteiger partial charge in [0.1, 0.15) is 0 Å². The molecule has 1 heterocycles. The topological polar surface area (TPSA) is 15.7 Å². The summed E-state index contributed by atoms with van der Waals surface area (Å²) in [6.45, 7) is 7.63. The van der Waals surface area contributed by atoms with E-state index in [0.29, 0.717) is 6.10 Å². The van der Waals surface area contributed by atoms with Crippen LogP contribution in [0.4, 0.5) is 5.69 Å². The number of halogens is 1. The van der Waals surface area contributed by atoms with E-state index >= 15 is 0 Å². The van der Waals surface area contributed by atoms with E-state index < -0.39 is 0 Å². The number of anilines is 1. The summed E-state index contributed by atoms with van der Waals surface area (Å²) >= 11 is 2.35. The van der Waals surface area contributed by atoms with Gasteiger partial charge in [-0.05, 0) is 53.8 Å². The van der Waals surface area contributed by atoms with Gasteiger partial charge in [-0.1, -0.05) is 0 Å². The Morgan fingerprint density at radius 1 is 1.17 bits per heavy atom. The largest absolute Gasteiger partial charge is 0.380 e. The number of benzene rings is 1. The molecule has 0 bridgehead atoms. The van der Waals surface area contributed by atoms with Crippen molar-refractivity contribution in [2.24, 2.45) is 0 Å². The summed E-state index contributed by atoms with van der Waals surface area (Å²) in [5, 5.41) is 0. The van der Waals surface area contributed by atoms with Crippen molar-refractivity contribution in [2.45, 2.75) is 13.0 Å². The van der Waals surface area contributed by atoms with Crippen LogP contribution in [0.1, 0.15) is 6.92 Å². The van der Waals surface area contributed by atoms with E-state index in [1.165, 1.54) is 9.26 Å². The highest BCUT2D eigenvalue weighted by atomic mass is 127. The fourth-order valence-electron chi connectivity index (χ4n) is 2.28. The Bertz CT molecular complexity index is 361. The summed E-state index contributed by atoms with van der Waals surface area (Å²) < 4.78 is 6.62. The minimum Gasteiger partial charge on any atom is -0.380 e. The molecule has 1 aromatic rings. The van der Waals surface area contributed by atoms with Gasteiger partial charge in [0.05, 0.1) is 6.10 Å². The van der Waals surface area contributed by atoms with Crippen molar-refractivity contribution in [3.05, 3.63) is 27.8 Å². The van der Waals surface area contributed by atoms with Crippen molar-refractivity contribution >= 4 is 28.3 Å². The summed E-state index contributed by atoms with van der Waals surface area (Å²) in [6.07, 6.45) is 0.329. The van der Waals surface area contributed by atoms with Crippen molar-refractivity contribution in [2.75, 3.05) is 44.7 Å². The van der Waals surface area contributed by atoms with Crippen LogP contribution in [-0.2, 0) is 4.74 Å². The first-order valence-electron chi connectivity index (χ1n) is 6.44. The zero-order valence-electron chi connectivity index (χ0n) is 11.1. The monoisotopic (exact) mass is 360 g/mol. The molecule has 0 radical (unpaired) electrons. The summed E-state index contributed by atoms with van der Waals surface area (Å²) in [6, 6.07) is 8.79. The maximum absolute atomic E-state index is 5.32. The quantitative estimate of drug-likeness (QED) is 0.768. The van der Waals surface area contributed by atoms with Crippen LogP contribution in [0, 0.1) is 3.57 Å². The molecule has 0 aliphatic carbocycles. The van der Waals surface area contributed by atoms with E-state index in [-0.39, 0.29) is 0 Å². The van der Waals surface area contributed by atoms with Crippen LogP contribution in [0.15, 0.2) is 24.3 Å². The number of nitrogens with zero attached hydrogens (tertiary/aromatic N) is 2. The van der Waals surface area contributed by atoms with Gasteiger partial charge in [0.25, 0.3) is 0 Å². The average molecular weight is 360 g/mol. The Labute approximate surface area is 123 Å². The van der Waals surface area contributed by atoms with Crippen molar-refractivity contribution in [1.82, 2.24) is 4.90 Å². The highest BCUT2D eigenvalue weighted by Gasteiger charge is 2.18. The Hall–Kier alpha value is -0.330. The number of methoxy groups -OCH3 is 1. The molecule has 1 aromatic carbocycles. The zero-order chi connectivity index (χ0) is 13.0. The van der Waals surface area contributed by atoms with E-state index in [1.54, 1.807) is 7.11 Å². The molecule has 4 heteroatoms. The van der Waals surface area contributed by atoms with E-state index in [0.717, 1.165) is 32.7 Å². The molecule has 1 fully saturated rings. The minimum absolute atomic E-state index is 0.329. The predicted octanol–water partition coefficient (Wildman–Crippen LogP) is 2.45. The molecule has 0 aromatic heterocycles. The molecule has 2 rings (SSSR count). The number of hydrogen-bond acceptors (Lipinski definition) is 3. The molecule has 18 heavy (non-hydrogen) atoms. The molecular formula is C14H21IN2O. The summed E-state index contributed by atoms with van der Waals surface area (Å²) in [4.78, 5) is 4.95. The fraction of sp³-hybridized carbons (Fsp3) is 0.571. The van der Waals surface area contributed by atoms with E-state index in [9.17, 15) is 0 Å². The molecular weight excluding hydrogens is 339 g/mol. The molecule has 1 saturated heterocycles. The van der Waals surface area contributed by atoms with Gasteiger partial charge in [-0.3, -0.25) is 4.90 Å². The Balaban J connectivity index is 1.84. The number of piperazine rings is 1. The number of hydrogen-bond donors (Lipinski definition) is 0. The van der Waals surface area contributed by atoms with Gasteiger partial charge in [-0.15, -0.1) is 0 Å². The van der Waals surface area contributed by atoms with Crippen molar-refractivity contribution in [3.8, 4) is 0 Å². The Morgan fingerprint density at radius 3 is 2.33 bits per heavy atom. The normalized spacial score (nSPS) is 18.9. The molecule has 0 saturated carbocycles. The SMILES string of the molecule is CO[C@@H](C)CN1CCN(c2ccc(I)cc2)CC1. The molecule has 0 spiro atoms. The molecule has 100 valence electrons. The van der Waals surface area contributed by atoms with Crippen LogP contribution in [-0.4, -0.2) is 50.8 Å². The van der Waals surface area contributed by atoms with Crippen LogP contribution in [0.3, 0.4) is 0 Å². The second-order valence-electron chi connectivity index (χ2n) is 4.81. The van der Waals surface area contributed by atoms with Crippen molar-refractivity contribution in [1.29, 1.82) is 0 Å². The van der Waals surface area contributed by atoms with Gasteiger partial charge >= 0.3 is 0 Å². The van der Waals surface area contributed by atoms with Crippen molar-refractivity contribution in [3.63, 3.8) is 0 Å². The van der Waals surface area contributed by atoms with Gasteiger partial charge in [0, 0.05) is 49.1 Å². The van der Waals surface area contributed by atoms with Gasteiger partial charge in [-0.25, -0.2) is 0 Å². The van der Waals surface area contributed by atoms with Gasteiger partial charge < -0.3 is 9.64 Å². The van der Waals surface area contributed by atoms with E-state index in [4.69, 9.17) is 4.74 Å². The van der Waals surface area contributed by atoms with Crippen LogP contribution in [0.5, 0.6) is 0 Å². The van der Waals surface area contributed by atoms with Crippen LogP contribution >= 0.6 is 22.6 Å². The standard InChI is InChI=1S/C14H21IN2O/c1-12(18-2)11-16-7-9-17(10-8-16)14-5-3-13(15)4-6-14/h3-6,12H,7-11H2,1-2H3/t12-/m0/s1. The third-order valence-corrected chi connectivity index (χ3v) is 4.20. The average Bonchev–Trinajstić information content (AvgIpc) is 2.40. The fourth-order valence-corrected chi connectivity index (χ4v) is 2.64. The Kier molecular flexibility index (Phi) is 5.26. The van der Waals surface area contributed by atoms with Crippen LogP contribution in [0.2, 0.25) is 0 Å². The predicted molar refractivity (Wildman–Crippen MR) is 84.3 cm³/mol. The maximum atomic E-state index is 5.32. The lowest BCUT2D eigenvalue weighted by Gasteiger charge is -2.37. The first-order valence-corrected chi connectivity index (χ1v) is 7.52. The Morgan fingerprint density at radius 2 is 1.78 bits per heavy atom. The highest BCUT2D eigenvalue weighted by molar-refractivity contribution is 14.1. The molecule has 1 aliphatic heterocycles. The maximum Gasteiger partial charge on any atom is 0.0670 e. The molecule has 0 amide bonds. The molecule has 0 N–H and O–H groups in total. The molecule has 1 aliphatic rings. The lowest BCUT2D eigenvalue weighted by atomic mass is 10.2. The van der Waals surface area contributed by atoms with Gasteiger partial charge in [-0.2, -0.15) is 0 Å². The number of rotatable bonds is 4. The van der Waals surface area contributed by atoms with Crippen molar-refractivity contribution < 1.29 is 4.74 Å². The first kappa shape index (κ1) is 14.1. The lowest BCUT2D eigenvalue weighted by Crippen LogP contribution is -2.48. The molecule has 3 nitrogen and oxygen atoms in total. The minimum atomic E-state index is 0.329. The second-order valence-corrected chi connectivity index (χ2v) is 6.06. The highest BCUT2D eigenvalue weighted by Crippen LogP contribution is 2.18. The third-order valence-electron chi connectivity index (χ3n) is 3.48. The van der Waals surface area contributed by atoms with E-state index in [1.807, 2.05) is 0 Å². The van der Waals surface area contributed by atoms with E-state index in [2.05, 4.69) is 63.6 Å². The lowest BCUT2D eigenvalue weighted by molar-refractivity contribution is 0.0749. The smallest absolute Gasteiger partial charge is 0.0670 e. The van der Waals surface area contributed by atoms with Gasteiger partial charge in [0.2, 0.25) is 0 Å².